The van der Waals surface area contributed by atoms with E-state index in [9.17, 15) is 0 Å². The molecule has 0 aliphatic carbocycles. The zero-order valence-corrected chi connectivity index (χ0v) is 17.8. The van der Waals surface area contributed by atoms with E-state index in [1.807, 2.05) is 30.5 Å². The summed E-state index contributed by atoms with van der Waals surface area (Å²) in [5.41, 5.74) is 3.09. The minimum Gasteiger partial charge on any atom is -0.444 e. The maximum absolute atomic E-state index is 5.66. The van der Waals surface area contributed by atoms with E-state index in [0.717, 1.165) is 49.9 Å². The maximum atomic E-state index is 5.66. The smallest absolute Gasteiger partial charge is 0.226 e. The average molecular weight is 410 g/mol. The third kappa shape index (κ3) is 5.05. The first-order valence-electron chi connectivity index (χ1n) is 9.93. The van der Waals surface area contributed by atoms with Gasteiger partial charge in [0.2, 0.25) is 5.89 Å². The molecule has 0 radical (unpaired) electrons. The summed E-state index contributed by atoms with van der Waals surface area (Å²) >= 11 is 1.83. The van der Waals surface area contributed by atoms with Gasteiger partial charge in [-0.25, -0.2) is 4.98 Å². The number of nitrogens with zero attached hydrogens (tertiary/aromatic N) is 4. The molecule has 0 atom stereocenters. The maximum Gasteiger partial charge on any atom is 0.226 e. The molecule has 0 saturated carbocycles. The van der Waals surface area contributed by atoms with Gasteiger partial charge in [0.15, 0.2) is 5.96 Å². The molecule has 1 fully saturated rings. The van der Waals surface area contributed by atoms with E-state index in [2.05, 4.69) is 61.7 Å². The van der Waals surface area contributed by atoms with Crippen LogP contribution >= 0.6 is 11.3 Å². The fourth-order valence-electron chi connectivity index (χ4n) is 3.46. The standard InChI is InChI=1S/C22H27N5OS/c1-17-5-7-18(8-6-17)21-25-19(16-28-21)14-24-22(23-2)27-11-9-26(10-12-27)15-20-4-3-13-29-20/h3-8,13,16H,9-12,14-15H2,1-2H3,(H,23,24). The number of rotatable bonds is 5. The van der Waals surface area contributed by atoms with Crippen LogP contribution in [0.3, 0.4) is 0 Å². The molecule has 1 aliphatic heterocycles. The van der Waals surface area contributed by atoms with Crippen LogP contribution in [0.2, 0.25) is 0 Å². The minimum atomic E-state index is 0.595. The molecule has 1 N–H and O–H groups in total. The van der Waals surface area contributed by atoms with Crippen molar-refractivity contribution in [3.8, 4) is 11.5 Å². The Morgan fingerprint density at radius 2 is 1.97 bits per heavy atom. The van der Waals surface area contributed by atoms with Crippen LogP contribution in [0.25, 0.3) is 11.5 Å². The largest absolute Gasteiger partial charge is 0.444 e. The van der Waals surface area contributed by atoms with Crippen molar-refractivity contribution in [2.24, 2.45) is 4.99 Å². The Balaban J connectivity index is 1.28. The van der Waals surface area contributed by atoms with Gasteiger partial charge in [-0.3, -0.25) is 9.89 Å². The third-order valence-corrected chi connectivity index (χ3v) is 5.98. The number of hydrogen-bond acceptors (Lipinski definition) is 5. The molecular formula is C22H27N5OS. The Labute approximate surface area is 175 Å². The topological polar surface area (TPSA) is 56.9 Å². The lowest BCUT2D eigenvalue weighted by molar-refractivity contribution is 0.173. The molecule has 7 heteroatoms. The molecular weight excluding hydrogens is 382 g/mol. The number of thiophene rings is 1. The van der Waals surface area contributed by atoms with Crippen LogP contribution in [0.4, 0.5) is 0 Å². The molecule has 0 unspecified atom stereocenters. The van der Waals surface area contributed by atoms with E-state index >= 15 is 0 Å². The molecule has 0 bridgehead atoms. The Hall–Kier alpha value is -2.64. The van der Waals surface area contributed by atoms with Gasteiger partial charge in [-0.15, -0.1) is 11.3 Å². The van der Waals surface area contributed by atoms with Gasteiger partial charge in [0, 0.05) is 50.2 Å². The van der Waals surface area contributed by atoms with Gasteiger partial charge < -0.3 is 14.6 Å². The van der Waals surface area contributed by atoms with Gasteiger partial charge in [0.1, 0.15) is 6.26 Å². The Morgan fingerprint density at radius 3 is 2.66 bits per heavy atom. The van der Waals surface area contributed by atoms with Crippen LogP contribution < -0.4 is 5.32 Å². The van der Waals surface area contributed by atoms with Crippen molar-refractivity contribution in [2.45, 2.75) is 20.0 Å². The lowest BCUT2D eigenvalue weighted by Crippen LogP contribution is -2.52. The van der Waals surface area contributed by atoms with E-state index in [1.54, 1.807) is 6.26 Å². The van der Waals surface area contributed by atoms with Crippen molar-refractivity contribution >= 4 is 17.3 Å². The minimum absolute atomic E-state index is 0.595. The lowest BCUT2D eigenvalue weighted by Gasteiger charge is -2.36. The van der Waals surface area contributed by atoms with Crippen molar-refractivity contribution in [3.05, 3.63) is 64.2 Å². The second kappa shape index (κ2) is 9.24. The van der Waals surface area contributed by atoms with Crippen LogP contribution in [0.1, 0.15) is 16.1 Å². The number of aromatic nitrogens is 1. The van der Waals surface area contributed by atoms with Crippen LogP contribution in [0, 0.1) is 6.92 Å². The quantitative estimate of drug-likeness (QED) is 0.515. The zero-order valence-electron chi connectivity index (χ0n) is 17.0. The average Bonchev–Trinajstić information content (AvgIpc) is 3.42. The number of benzene rings is 1. The Morgan fingerprint density at radius 1 is 1.17 bits per heavy atom. The summed E-state index contributed by atoms with van der Waals surface area (Å²) in [6, 6.07) is 12.5. The molecule has 2 aromatic heterocycles. The number of aliphatic imine (C=N–C) groups is 1. The third-order valence-electron chi connectivity index (χ3n) is 5.12. The molecule has 1 aromatic carbocycles. The van der Waals surface area contributed by atoms with Gasteiger partial charge in [0.05, 0.1) is 12.2 Å². The molecule has 4 rings (SSSR count). The number of aryl methyl sites for hydroxylation is 1. The second-order valence-corrected chi connectivity index (χ2v) is 8.29. The van der Waals surface area contributed by atoms with Gasteiger partial charge in [-0.05, 0) is 30.5 Å². The van der Waals surface area contributed by atoms with E-state index < -0.39 is 0 Å². The monoisotopic (exact) mass is 409 g/mol. The van der Waals surface area contributed by atoms with Gasteiger partial charge in [0.25, 0.3) is 0 Å². The summed E-state index contributed by atoms with van der Waals surface area (Å²) in [4.78, 5) is 15.3. The molecule has 0 spiro atoms. The summed E-state index contributed by atoms with van der Waals surface area (Å²) < 4.78 is 5.66. The molecule has 3 aromatic rings. The first kappa shape index (κ1) is 19.7. The number of hydrogen-bond donors (Lipinski definition) is 1. The van der Waals surface area contributed by atoms with Crippen molar-refractivity contribution in [1.82, 2.24) is 20.1 Å². The summed E-state index contributed by atoms with van der Waals surface area (Å²) in [7, 11) is 1.83. The molecule has 152 valence electrons. The first-order valence-corrected chi connectivity index (χ1v) is 10.8. The predicted octanol–water partition coefficient (Wildman–Crippen LogP) is 3.60. The van der Waals surface area contributed by atoms with E-state index in [1.165, 1.54) is 10.4 Å². The highest BCUT2D eigenvalue weighted by molar-refractivity contribution is 7.09. The normalized spacial score (nSPS) is 15.7. The highest BCUT2D eigenvalue weighted by Crippen LogP contribution is 2.19. The SMILES string of the molecule is CN=C(NCc1coc(-c2ccc(C)cc2)n1)N1CCN(Cc2cccs2)CC1. The molecule has 3 heterocycles. The van der Waals surface area contributed by atoms with Crippen LogP contribution in [-0.4, -0.2) is 54.0 Å². The molecule has 6 nitrogen and oxygen atoms in total. The van der Waals surface area contributed by atoms with Crippen LogP contribution in [0.15, 0.2) is 57.5 Å². The summed E-state index contributed by atoms with van der Waals surface area (Å²) in [5, 5.41) is 5.57. The van der Waals surface area contributed by atoms with E-state index in [0.29, 0.717) is 12.4 Å². The van der Waals surface area contributed by atoms with Crippen molar-refractivity contribution in [3.63, 3.8) is 0 Å². The fourth-order valence-corrected chi connectivity index (χ4v) is 4.21. The number of nitrogens with one attached hydrogen (secondary N) is 1. The Bertz CT molecular complexity index is 925. The Kier molecular flexibility index (Phi) is 6.27. The van der Waals surface area contributed by atoms with Gasteiger partial charge in [-0.1, -0.05) is 23.8 Å². The number of oxazole rings is 1. The molecule has 0 amide bonds. The first-order chi connectivity index (χ1) is 14.2. The fraction of sp³-hybridized carbons (Fsp3) is 0.364. The van der Waals surface area contributed by atoms with Gasteiger partial charge in [-0.2, -0.15) is 0 Å². The highest BCUT2D eigenvalue weighted by atomic mass is 32.1. The van der Waals surface area contributed by atoms with Crippen LogP contribution in [0.5, 0.6) is 0 Å². The van der Waals surface area contributed by atoms with Gasteiger partial charge >= 0.3 is 0 Å². The van der Waals surface area contributed by atoms with E-state index in [4.69, 9.17) is 4.42 Å². The molecule has 1 saturated heterocycles. The predicted molar refractivity (Wildman–Crippen MR) is 118 cm³/mol. The van der Waals surface area contributed by atoms with Crippen molar-refractivity contribution < 1.29 is 4.42 Å². The van der Waals surface area contributed by atoms with Crippen LogP contribution in [-0.2, 0) is 13.1 Å². The summed E-state index contributed by atoms with van der Waals surface area (Å²) in [5.74, 6) is 1.57. The van der Waals surface area contributed by atoms with Crippen molar-refractivity contribution in [2.75, 3.05) is 33.2 Å². The zero-order chi connectivity index (χ0) is 20.1. The molecule has 29 heavy (non-hydrogen) atoms. The summed E-state index contributed by atoms with van der Waals surface area (Å²) in [6.07, 6.45) is 1.72. The highest BCUT2D eigenvalue weighted by Gasteiger charge is 2.20. The number of piperazine rings is 1. The second-order valence-electron chi connectivity index (χ2n) is 7.25. The van der Waals surface area contributed by atoms with Crippen molar-refractivity contribution in [1.29, 1.82) is 0 Å². The summed E-state index contributed by atoms with van der Waals surface area (Å²) in [6.45, 7) is 7.73. The lowest BCUT2D eigenvalue weighted by atomic mass is 10.1. The number of guanidine groups is 1. The molecule has 1 aliphatic rings. The van der Waals surface area contributed by atoms with E-state index in [-0.39, 0.29) is 0 Å².